The van der Waals surface area contributed by atoms with Crippen LogP contribution in [0, 0.1) is 5.41 Å². The minimum absolute atomic E-state index is 0.0842. The van der Waals surface area contributed by atoms with E-state index in [4.69, 9.17) is 46.4 Å². The van der Waals surface area contributed by atoms with Crippen molar-refractivity contribution in [3.05, 3.63) is 102 Å². The normalized spacial score (nSPS) is 20.4. The van der Waals surface area contributed by atoms with Crippen molar-refractivity contribution in [3.8, 4) is 0 Å². The van der Waals surface area contributed by atoms with Crippen molar-refractivity contribution in [3.63, 3.8) is 0 Å². The predicted octanol–water partition coefficient (Wildman–Crippen LogP) is 7.60. The van der Waals surface area contributed by atoms with Gasteiger partial charge in [0.15, 0.2) is 0 Å². The van der Waals surface area contributed by atoms with Gasteiger partial charge in [-0.3, -0.25) is 4.79 Å². The highest BCUT2D eigenvalue weighted by Gasteiger charge is 2.60. The van der Waals surface area contributed by atoms with Gasteiger partial charge in [0, 0.05) is 19.4 Å². The van der Waals surface area contributed by atoms with Crippen LogP contribution < -0.4 is 5.32 Å². The first-order chi connectivity index (χ1) is 15.1. The molecule has 0 heterocycles. The van der Waals surface area contributed by atoms with Gasteiger partial charge in [-0.25, -0.2) is 0 Å². The van der Waals surface area contributed by atoms with Crippen molar-refractivity contribution in [1.82, 2.24) is 5.32 Å². The largest absolute Gasteiger partial charge is 0.356 e. The van der Waals surface area contributed by atoms with E-state index in [1.54, 1.807) is 0 Å². The van der Waals surface area contributed by atoms with Crippen LogP contribution in [0.5, 0.6) is 0 Å². The van der Waals surface area contributed by atoms with Crippen LogP contribution in [-0.2, 0) is 10.2 Å². The summed E-state index contributed by atoms with van der Waals surface area (Å²) in [4.78, 5) is 11.9. The Morgan fingerprint density at radius 2 is 1.38 bits per heavy atom. The Morgan fingerprint density at radius 3 is 1.91 bits per heavy atom. The Morgan fingerprint density at radius 1 is 0.875 bits per heavy atom. The maximum Gasteiger partial charge on any atom is 0.216 e. The highest BCUT2D eigenvalue weighted by Crippen LogP contribution is 2.68. The predicted molar refractivity (Wildman–Crippen MR) is 133 cm³/mol. The Bertz CT molecular complexity index is 1250. The Hall–Kier alpha value is -1.71. The SMILES string of the molecule is CC(=O)NCC(C)(C)C12c3ccccc3C(c3ccccc31)c1c(Cl)c(Cl)c(Cl)c(Cl)c12. The molecule has 0 spiro atoms. The topological polar surface area (TPSA) is 29.1 Å². The van der Waals surface area contributed by atoms with Crippen LogP contribution in [0.15, 0.2) is 48.5 Å². The fourth-order valence-electron chi connectivity index (χ4n) is 5.91. The van der Waals surface area contributed by atoms with Gasteiger partial charge in [0.25, 0.3) is 0 Å². The maximum atomic E-state index is 11.9. The molecule has 2 nitrogen and oxygen atoms in total. The number of carbonyl (C=O) groups is 1. The lowest BCUT2D eigenvalue weighted by molar-refractivity contribution is -0.119. The molecule has 0 saturated carbocycles. The summed E-state index contributed by atoms with van der Waals surface area (Å²) in [6, 6.07) is 16.8. The van der Waals surface area contributed by atoms with E-state index < -0.39 is 10.8 Å². The molecule has 0 unspecified atom stereocenters. The van der Waals surface area contributed by atoms with E-state index in [-0.39, 0.29) is 21.9 Å². The van der Waals surface area contributed by atoms with E-state index in [2.05, 4.69) is 43.4 Å². The quantitative estimate of drug-likeness (QED) is 0.288. The standard InChI is InChI=1S/C26H21Cl4NO/c1-13(32)31-12-25(2,3)26-16-10-6-4-8-14(16)18(15-9-5-7-11-17(15)26)19-20(26)22(28)24(30)23(29)21(19)27/h4-11,18H,12H2,1-3H3,(H,31,32). The molecule has 1 N–H and O–H groups in total. The summed E-state index contributed by atoms with van der Waals surface area (Å²) in [5.74, 6) is -0.186. The fourth-order valence-corrected chi connectivity index (χ4v) is 7.02. The van der Waals surface area contributed by atoms with Gasteiger partial charge in [0.05, 0.1) is 25.5 Å². The number of halogens is 4. The van der Waals surface area contributed by atoms with Gasteiger partial charge < -0.3 is 5.32 Å². The lowest BCUT2D eigenvalue weighted by Crippen LogP contribution is -2.55. The second-order valence-corrected chi connectivity index (χ2v) is 10.7. The smallest absolute Gasteiger partial charge is 0.216 e. The molecular weight excluding hydrogens is 484 g/mol. The molecule has 0 fully saturated rings. The summed E-state index contributed by atoms with van der Waals surface area (Å²) in [6.45, 7) is 6.27. The van der Waals surface area contributed by atoms with Crippen molar-refractivity contribution >= 4 is 52.3 Å². The van der Waals surface area contributed by atoms with Crippen molar-refractivity contribution in [2.75, 3.05) is 6.54 Å². The Kier molecular flexibility index (Phi) is 5.11. The molecular formula is C26H21Cl4NO. The zero-order valence-corrected chi connectivity index (χ0v) is 20.8. The molecule has 0 radical (unpaired) electrons. The molecule has 6 heteroatoms. The van der Waals surface area contributed by atoms with Gasteiger partial charge in [-0.1, -0.05) is 109 Å². The molecule has 3 aromatic carbocycles. The van der Waals surface area contributed by atoms with E-state index in [0.29, 0.717) is 16.6 Å². The number of amides is 1. The molecule has 0 saturated heterocycles. The zero-order chi connectivity index (χ0) is 23.0. The second kappa shape index (κ2) is 7.40. The van der Waals surface area contributed by atoms with Crippen LogP contribution in [-0.4, -0.2) is 12.5 Å². The first-order valence-electron chi connectivity index (χ1n) is 10.4. The molecule has 164 valence electrons. The molecule has 32 heavy (non-hydrogen) atoms. The number of hydrogen-bond acceptors (Lipinski definition) is 1. The van der Waals surface area contributed by atoms with Gasteiger partial charge in [0.1, 0.15) is 0 Å². The van der Waals surface area contributed by atoms with Crippen LogP contribution in [0.2, 0.25) is 20.1 Å². The second-order valence-electron chi connectivity index (χ2n) is 9.20. The average molecular weight is 505 g/mol. The Labute approximate surface area is 207 Å². The third-order valence-corrected chi connectivity index (χ3v) is 8.93. The van der Waals surface area contributed by atoms with Crippen molar-refractivity contribution in [2.24, 2.45) is 5.41 Å². The lowest BCUT2D eigenvalue weighted by atomic mass is 9.45. The zero-order valence-electron chi connectivity index (χ0n) is 17.8. The molecule has 6 rings (SSSR count). The van der Waals surface area contributed by atoms with E-state index >= 15 is 0 Å². The van der Waals surface area contributed by atoms with Crippen molar-refractivity contribution < 1.29 is 4.79 Å². The van der Waals surface area contributed by atoms with Gasteiger partial charge in [-0.2, -0.15) is 0 Å². The first kappa shape index (κ1) is 22.1. The van der Waals surface area contributed by atoms with Crippen molar-refractivity contribution in [1.29, 1.82) is 0 Å². The maximum absolute atomic E-state index is 11.9. The van der Waals surface area contributed by atoms with E-state index in [1.165, 1.54) is 18.1 Å². The number of hydrogen-bond donors (Lipinski definition) is 1. The molecule has 0 aliphatic heterocycles. The minimum atomic E-state index is -0.693. The van der Waals surface area contributed by atoms with E-state index in [0.717, 1.165) is 22.3 Å². The fraction of sp³-hybridized carbons (Fsp3) is 0.269. The lowest BCUT2D eigenvalue weighted by Gasteiger charge is -2.58. The van der Waals surface area contributed by atoms with Gasteiger partial charge in [0.2, 0.25) is 5.91 Å². The summed E-state index contributed by atoms with van der Waals surface area (Å²) in [7, 11) is 0. The third-order valence-electron chi connectivity index (χ3n) is 7.11. The summed E-state index contributed by atoms with van der Waals surface area (Å²) < 4.78 is 0. The molecule has 3 aromatic rings. The first-order valence-corrected chi connectivity index (χ1v) is 11.9. The Balaban J connectivity index is 2.00. The molecule has 2 bridgehead atoms. The van der Waals surface area contributed by atoms with Gasteiger partial charge >= 0.3 is 0 Å². The average Bonchev–Trinajstić information content (AvgIpc) is 2.79. The number of rotatable bonds is 3. The molecule has 3 aliphatic rings. The highest BCUT2D eigenvalue weighted by atomic mass is 35.5. The number of carbonyl (C=O) groups excluding carboxylic acids is 1. The van der Waals surface area contributed by atoms with Gasteiger partial charge in [-0.15, -0.1) is 0 Å². The third kappa shape index (κ3) is 2.64. The van der Waals surface area contributed by atoms with Crippen molar-refractivity contribution in [2.45, 2.75) is 32.1 Å². The van der Waals surface area contributed by atoms with Crippen LogP contribution in [0.25, 0.3) is 0 Å². The molecule has 3 aliphatic carbocycles. The summed E-state index contributed by atoms with van der Waals surface area (Å²) >= 11 is 27.1. The monoisotopic (exact) mass is 503 g/mol. The van der Waals surface area contributed by atoms with Gasteiger partial charge in [-0.05, 0) is 38.8 Å². The molecule has 1 amide bonds. The summed E-state index contributed by atoms with van der Waals surface area (Å²) in [5, 5.41) is 4.42. The number of benzene rings is 3. The summed E-state index contributed by atoms with van der Waals surface area (Å²) in [6.07, 6.45) is 0. The van der Waals surface area contributed by atoms with Crippen LogP contribution >= 0.6 is 46.4 Å². The molecule has 0 atom stereocenters. The van der Waals surface area contributed by atoms with E-state index in [9.17, 15) is 4.79 Å². The van der Waals surface area contributed by atoms with E-state index in [1.807, 2.05) is 24.3 Å². The van der Waals surface area contributed by atoms with Crippen LogP contribution in [0.1, 0.15) is 60.1 Å². The molecule has 0 aromatic heterocycles. The van der Waals surface area contributed by atoms with Crippen LogP contribution in [0.3, 0.4) is 0 Å². The summed E-state index contributed by atoms with van der Waals surface area (Å²) in [5.41, 5.74) is 5.26. The number of nitrogens with one attached hydrogen (secondary N) is 1. The highest BCUT2D eigenvalue weighted by molar-refractivity contribution is 6.52. The minimum Gasteiger partial charge on any atom is -0.356 e. The van der Waals surface area contributed by atoms with Crippen LogP contribution in [0.4, 0.5) is 0 Å².